The van der Waals surface area contributed by atoms with Crippen LogP contribution in [0.25, 0.3) is 33.2 Å². The molecule has 0 radical (unpaired) electrons. The Bertz CT molecular complexity index is 1520. The molecule has 3 aromatic heterocycles. The van der Waals surface area contributed by atoms with Crippen molar-refractivity contribution in [1.29, 1.82) is 0 Å². The summed E-state index contributed by atoms with van der Waals surface area (Å²) in [5.41, 5.74) is 11.6. The first-order valence-corrected chi connectivity index (χ1v) is 11.4. The van der Waals surface area contributed by atoms with Crippen molar-refractivity contribution in [1.82, 2.24) is 24.4 Å². The number of nitrogens with two attached hydrogens (primary N) is 1. The Balaban J connectivity index is 1.52. The summed E-state index contributed by atoms with van der Waals surface area (Å²) in [6.45, 7) is 1.78. The van der Waals surface area contributed by atoms with E-state index in [0.29, 0.717) is 28.4 Å². The molecule has 9 heteroatoms. The maximum atomic E-state index is 14.8. The molecule has 0 aliphatic heterocycles. The molecule has 0 atom stereocenters. The van der Waals surface area contributed by atoms with Crippen molar-refractivity contribution in [2.75, 3.05) is 50.2 Å². The second-order valence-electron chi connectivity index (χ2n) is 9.05. The number of nitrogens with one attached hydrogen (secondary N) is 2. The Morgan fingerprint density at radius 3 is 2.66 bits per heavy atom. The minimum atomic E-state index is -0.385. The van der Waals surface area contributed by atoms with Crippen molar-refractivity contribution < 1.29 is 4.39 Å². The molecule has 5 aromatic rings. The standard InChI is InChI=1S/C26H29FN8/c1-33(2)11-12-34(3)22-10-9-16(13-20(22)28)30-26-31-24(23-19(27)14-29-25(23)32-26)18-15-35(4)21-8-6-5-7-17(18)21/h5-10,13-15H,11-12,28H2,1-4H3,(H2,29,30,31,32). The maximum absolute atomic E-state index is 14.8. The first kappa shape index (κ1) is 22.7. The number of aryl methyl sites for hydroxylation is 1. The van der Waals surface area contributed by atoms with Gasteiger partial charge >= 0.3 is 0 Å². The third kappa shape index (κ3) is 4.26. The summed E-state index contributed by atoms with van der Waals surface area (Å²) < 4.78 is 16.8. The zero-order valence-corrected chi connectivity index (χ0v) is 20.3. The molecule has 3 heterocycles. The number of benzene rings is 2. The third-order valence-electron chi connectivity index (χ3n) is 6.21. The highest BCUT2D eigenvalue weighted by Gasteiger charge is 2.19. The van der Waals surface area contributed by atoms with Gasteiger partial charge in [-0.15, -0.1) is 0 Å². The maximum Gasteiger partial charge on any atom is 0.229 e. The van der Waals surface area contributed by atoms with Gasteiger partial charge in [-0.25, -0.2) is 9.37 Å². The molecule has 0 bridgehead atoms. The van der Waals surface area contributed by atoms with E-state index in [9.17, 15) is 4.39 Å². The van der Waals surface area contributed by atoms with Gasteiger partial charge in [0.15, 0.2) is 5.82 Å². The van der Waals surface area contributed by atoms with Crippen molar-refractivity contribution in [2.24, 2.45) is 7.05 Å². The summed E-state index contributed by atoms with van der Waals surface area (Å²) in [5.74, 6) is -0.0285. The molecule has 2 aromatic carbocycles. The molecule has 8 nitrogen and oxygen atoms in total. The highest BCUT2D eigenvalue weighted by Crippen LogP contribution is 2.35. The van der Waals surface area contributed by atoms with Crippen molar-refractivity contribution in [3.8, 4) is 11.3 Å². The zero-order valence-electron chi connectivity index (χ0n) is 20.3. The lowest BCUT2D eigenvalue weighted by Crippen LogP contribution is -2.28. The Morgan fingerprint density at radius 1 is 1.09 bits per heavy atom. The highest BCUT2D eigenvalue weighted by molar-refractivity contribution is 6.03. The van der Waals surface area contributed by atoms with E-state index in [1.807, 2.05) is 81.4 Å². The van der Waals surface area contributed by atoms with E-state index in [0.717, 1.165) is 40.9 Å². The van der Waals surface area contributed by atoms with Crippen LogP contribution >= 0.6 is 0 Å². The summed E-state index contributed by atoms with van der Waals surface area (Å²) >= 11 is 0. The normalized spacial score (nSPS) is 11.6. The van der Waals surface area contributed by atoms with Crippen LogP contribution in [0.5, 0.6) is 0 Å². The summed E-state index contributed by atoms with van der Waals surface area (Å²) in [4.78, 5) is 16.5. The fourth-order valence-corrected chi connectivity index (χ4v) is 4.36. The number of likely N-dealkylation sites (N-methyl/N-ethyl adjacent to an activating group) is 2. The molecule has 0 unspecified atom stereocenters. The molecule has 180 valence electrons. The number of nitrogens with zero attached hydrogens (tertiary/aromatic N) is 5. The summed E-state index contributed by atoms with van der Waals surface area (Å²) in [6.07, 6.45) is 3.28. The molecule has 0 saturated heterocycles. The zero-order chi connectivity index (χ0) is 24.7. The minimum absolute atomic E-state index is 0.357. The van der Waals surface area contributed by atoms with Crippen LogP contribution in [0.1, 0.15) is 0 Å². The molecular weight excluding hydrogens is 443 g/mol. The Morgan fingerprint density at radius 2 is 1.89 bits per heavy atom. The second kappa shape index (κ2) is 8.92. The number of halogens is 1. The van der Waals surface area contributed by atoms with Crippen LogP contribution in [0.3, 0.4) is 0 Å². The van der Waals surface area contributed by atoms with Crippen LogP contribution in [-0.2, 0) is 7.05 Å². The van der Waals surface area contributed by atoms with E-state index >= 15 is 0 Å². The van der Waals surface area contributed by atoms with Crippen LogP contribution in [0.15, 0.2) is 54.9 Å². The number of para-hydroxylation sites is 1. The summed E-state index contributed by atoms with van der Waals surface area (Å²) in [5, 5.41) is 4.61. The number of H-pyrrole nitrogens is 1. The van der Waals surface area contributed by atoms with E-state index in [2.05, 4.69) is 25.1 Å². The Labute approximate surface area is 203 Å². The van der Waals surface area contributed by atoms with Crippen LogP contribution in [0.2, 0.25) is 0 Å². The largest absolute Gasteiger partial charge is 0.397 e. The number of nitrogen functional groups attached to an aromatic ring is 1. The predicted molar refractivity (Wildman–Crippen MR) is 142 cm³/mol. The SMILES string of the molecule is CN(C)CCN(C)c1ccc(Nc2nc(-c3cn(C)c4ccccc34)c3c(F)c[nH]c3n2)cc1N. The van der Waals surface area contributed by atoms with Crippen LogP contribution in [0, 0.1) is 5.82 Å². The van der Waals surface area contributed by atoms with Gasteiger partial charge in [-0.3, -0.25) is 0 Å². The van der Waals surface area contributed by atoms with Gasteiger partial charge < -0.3 is 30.4 Å². The van der Waals surface area contributed by atoms with Crippen LogP contribution in [0.4, 0.5) is 27.4 Å². The average molecular weight is 473 g/mol. The van der Waals surface area contributed by atoms with Crippen molar-refractivity contribution in [3.63, 3.8) is 0 Å². The number of hydrogen-bond donors (Lipinski definition) is 3. The van der Waals surface area contributed by atoms with Gasteiger partial charge in [0.2, 0.25) is 5.95 Å². The molecule has 0 aliphatic carbocycles. The number of rotatable bonds is 7. The van der Waals surface area contributed by atoms with Gasteiger partial charge in [-0.2, -0.15) is 4.98 Å². The van der Waals surface area contributed by atoms with Gasteiger partial charge in [0, 0.05) is 61.7 Å². The molecule has 0 amide bonds. The lowest BCUT2D eigenvalue weighted by atomic mass is 10.1. The quantitative estimate of drug-likeness (QED) is 0.301. The molecule has 35 heavy (non-hydrogen) atoms. The molecule has 0 spiro atoms. The Hall–Kier alpha value is -4.11. The highest BCUT2D eigenvalue weighted by atomic mass is 19.1. The monoisotopic (exact) mass is 472 g/mol. The van der Waals surface area contributed by atoms with E-state index in [1.165, 1.54) is 6.20 Å². The molecule has 5 rings (SSSR count). The first-order chi connectivity index (χ1) is 16.8. The van der Waals surface area contributed by atoms with Crippen LogP contribution in [-0.4, -0.2) is 58.7 Å². The van der Waals surface area contributed by atoms with Gasteiger partial charge in [0.05, 0.1) is 22.5 Å². The van der Waals surface area contributed by atoms with Gasteiger partial charge in [0.1, 0.15) is 5.65 Å². The number of aromatic amines is 1. The van der Waals surface area contributed by atoms with E-state index in [4.69, 9.17) is 10.7 Å². The first-order valence-electron chi connectivity index (χ1n) is 11.4. The molecular formula is C26H29FN8. The van der Waals surface area contributed by atoms with Gasteiger partial charge in [-0.1, -0.05) is 18.2 Å². The third-order valence-corrected chi connectivity index (χ3v) is 6.21. The average Bonchev–Trinajstić information content (AvgIpc) is 3.37. The number of anilines is 4. The van der Waals surface area contributed by atoms with Crippen molar-refractivity contribution in [3.05, 3.63) is 60.7 Å². The number of fused-ring (bicyclic) bond motifs is 2. The fraction of sp³-hybridized carbons (Fsp3) is 0.231. The van der Waals surface area contributed by atoms with E-state index < -0.39 is 0 Å². The fourth-order valence-electron chi connectivity index (χ4n) is 4.36. The van der Waals surface area contributed by atoms with Crippen LogP contribution < -0.4 is 16.0 Å². The lowest BCUT2D eigenvalue weighted by molar-refractivity contribution is 0.416. The number of aromatic nitrogens is 4. The molecule has 0 saturated carbocycles. The smallest absolute Gasteiger partial charge is 0.229 e. The number of hydrogen-bond acceptors (Lipinski definition) is 6. The van der Waals surface area contributed by atoms with Gasteiger partial charge in [-0.05, 0) is 38.4 Å². The Kier molecular flexibility index (Phi) is 5.78. The van der Waals surface area contributed by atoms with E-state index in [-0.39, 0.29) is 5.82 Å². The molecule has 0 aliphatic rings. The summed E-state index contributed by atoms with van der Waals surface area (Å²) in [6, 6.07) is 13.8. The summed E-state index contributed by atoms with van der Waals surface area (Å²) in [7, 11) is 8.08. The molecule has 4 N–H and O–H groups in total. The predicted octanol–water partition coefficient (Wildman–Crippen LogP) is 4.58. The van der Waals surface area contributed by atoms with E-state index in [1.54, 1.807) is 0 Å². The molecule has 0 fully saturated rings. The van der Waals surface area contributed by atoms with Gasteiger partial charge in [0.25, 0.3) is 0 Å². The topological polar surface area (TPSA) is 91.0 Å². The second-order valence-corrected chi connectivity index (χ2v) is 9.05. The van der Waals surface area contributed by atoms with Crippen molar-refractivity contribution in [2.45, 2.75) is 0 Å². The minimum Gasteiger partial charge on any atom is -0.397 e. The lowest BCUT2D eigenvalue weighted by Gasteiger charge is -2.23. The van der Waals surface area contributed by atoms with Crippen molar-refractivity contribution >= 4 is 44.9 Å².